The van der Waals surface area contributed by atoms with E-state index in [0.29, 0.717) is 33.5 Å². The highest BCUT2D eigenvalue weighted by molar-refractivity contribution is 6.32. The molecule has 0 bridgehead atoms. The Balaban J connectivity index is 1.80. The van der Waals surface area contributed by atoms with Crippen LogP contribution in [0.2, 0.25) is 0 Å². The Hall–Kier alpha value is -3.47. The third-order valence-electron chi connectivity index (χ3n) is 4.59. The van der Waals surface area contributed by atoms with Gasteiger partial charge in [0.25, 0.3) is 5.91 Å². The minimum atomic E-state index is -0.265. The van der Waals surface area contributed by atoms with Crippen LogP contribution >= 0.6 is 0 Å². The van der Waals surface area contributed by atoms with E-state index in [4.69, 9.17) is 4.42 Å². The normalized spacial score (nSPS) is 15.7. The van der Waals surface area contributed by atoms with Crippen LogP contribution in [0.3, 0.4) is 0 Å². The summed E-state index contributed by atoms with van der Waals surface area (Å²) >= 11 is 0. The van der Waals surface area contributed by atoms with Crippen molar-refractivity contribution in [1.29, 1.82) is 0 Å². The molecule has 0 radical (unpaired) electrons. The van der Waals surface area contributed by atoms with E-state index < -0.39 is 0 Å². The summed E-state index contributed by atoms with van der Waals surface area (Å²) < 4.78 is 5.69. The summed E-state index contributed by atoms with van der Waals surface area (Å²) in [6.07, 6.45) is 2.97. The van der Waals surface area contributed by atoms with Crippen LogP contribution in [0, 0.1) is 13.8 Å². The maximum atomic E-state index is 12.9. The summed E-state index contributed by atoms with van der Waals surface area (Å²) in [6.45, 7) is 5.60. The molecule has 2 aromatic carbocycles. The molecule has 4 rings (SSSR count). The van der Waals surface area contributed by atoms with Gasteiger partial charge < -0.3 is 4.42 Å². The molecule has 5 heteroatoms. The summed E-state index contributed by atoms with van der Waals surface area (Å²) in [5.74, 6) is -0.265. The standard InChI is InChI=1S/C22H18N2O3/c1-13-9-14(2)21-19(10-13)20(25)16(12-27-21)11-18-15(3)23-24(22(18)26)17-7-5-4-6-8-17/h4-12H,1-3H3/b18-11-. The molecule has 0 aliphatic carbocycles. The summed E-state index contributed by atoms with van der Waals surface area (Å²) in [5, 5.41) is 6.20. The number of carbonyl (C=O) groups is 1. The zero-order valence-corrected chi connectivity index (χ0v) is 15.3. The molecule has 5 nitrogen and oxygen atoms in total. The van der Waals surface area contributed by atoms with Crippen molar-refractivity contribution >= 4 is 34.4 Å². The van der Waals surface area contributed by atoms with Gasteiger partial charge in [-0.15, -0.1) is 0 Å². The molecule has 0 N–H and O–H groups in total. The molecule has 0 saturated heterocycles. The average molecular weight is 358 g/mol. The molecule has 2 heterocycles. The number of rotatable bonds is 2. The molecule has 134 valence electrons. The van der Waals surface area contributed by atoms with Gasteiger partial charge in [-0.25, -0.2) is 0 Å². The maximum Gasteiger partial charge on any atom is 0.280 e. The zero-order chi connectivity index (χ0) is 19.1. The molecule has 1 amide bonds. The Morgan fingerprint density at radius 3 is 2.52 bits per heavy atom. The average Bonchev–Trinajstić information content (AvgIpc) is 2.93. The Kier molecular flexibility index (Phi) is 4.00. The molecular formula is C22H18N2O3. The van der Waals surface area contributed by atoms with Crippen molar-refractivity contribution in [3.8, 4) is 0 Å². The van der Waals surface area contributed by atoms with Gasteiger partial charge >= 0.3 is 0 Å². The molecule has 3 aromatic rings. The smallest absolute Gasteiger partial charge is 0.280 e. The van der Waals surface area contributed by atoms with Crippen LogP contribution in [0.5, 0.6) is 0 Å². The van der Waals surface area contributed by atoms with Crippen molar-refractivity contribution in [1.82, 2.24) is 0 Å². The van der Waals surface area contributed by atoms with Crippen LogP contribution in [0.1, 0.15) is 23.6 Å². The molecule has 0 atom stereocenters. The Morgan fingerprint density at radius 2 is 1.78 bits per heavy atom. The number of hydrogen-bond donors (Lipinski definition) is 0. The topological polar surface area (TPSA) is 62.9 Å². The van der Waals surface area contributed by atoms with E-state index in [1.807, 2.05) is 56.3 Å². The first-order chi connectivity index (χ1) is 13.0. The molecular weight excluding hydrogens is 340 g/mol. The fourth-order valence-corrected chi connectivity index (χ4v) is 3.29. The maximum absolute atomic E-state index is 12.9. The van der Waals surface area contributed by atoms with Crippen LogP contribution in [0.15, 0.2) is 68.6 Å². The van der Waals surface area contributed by atoms with Gasteiger partial charge in [-0.2, -0.15) is 10.1 Å². The Morgan fingerprint density at radius 1 is 1.04 bits per heavy atom. The predicted molar refractivity (Wildman–Crippen MR) is 107 cm³/mol. The summed E-state index contributed by atoms with van der Waals surface area (Å²) in [7, 11) is 0. The minimum absolute atomic E-state index is 0.158. The molecule has 27 heavy (non-hydrogen) atoms. The number of carbonyl (C=O) groups excluding carboxylic acids is 1. The SMILES string of the molecule is CC1=NN(c2ccccc2)C(=O)/C1=C\c1coc2c(C)cc(C)cc2c1=O. The van der Waals surface area contributed by atoms with Crippen molar-refractivity contribution in [3.05, 3.63) is 81.2 Å². The molecule has 1 aliphatic rings. The lowest BCUT2D eigenvalue weighted by atomic mass is 10.0. The van der Waals surface area contributed by atoms with E-state index in [1.54, 1.807) is 13.0 Å². The van der Waals surface area contributed by atoms with Crippen LogP contribution in [-0.2, 0) is 4.79 Å². The highest BCUT2D eigenvalue weighted by Gasteiger charge is 2.29. The van der Waals surface area contributed by atoms with Crippen molar-refractivity contribution < 1.29 is 9.21 Å². The summed E-state index contributed by atoms with van der Waals surface area (Å²) in [5.41, 5.74) is 4.27. The van der Waals surface area contributed by atoms with Gasteiger partial charge in [0.15, 0.2) is 5.43 Å². The molecule has 1 aromatic heterocycles. The van der Waals surface area contributed by atoms with Crippen LogP contribution in [0.25, 0.3) is 17.0 Å². The zero-order valence-electron chi connectivity index (χ0n) is 15.3. The fraction of sp³-hybridized carbons (Fsp3) is 0.136. The molecule has 0 fully saturated rings. The van der Waals surface area contributed by atoms with Gasteiger partial charge in [0.2, 0.25) is 0 Å². The van der Waals surface area contributed by atoms with E-state index in [9.17, 15) is 9.59 Å². The van der Waals surface area contributed by atoms with E-state index in [-0.39, 0.29) is 11.3 Å². The van der Waals surface area contributed by atoms with Crippen molar-refractivity contribution in [2.45, 2.75) is 20.8 Å². The molecule has 0 spiro atoms. The second-order valence-corrected chi connectivity index (χ2v) is 6.67. The number of anilines is 1. The number of amides is 1. The first-order valence-corrected chi connectivity index (χ1v) is 8.65. The molecule has 1 aliphatic heterocycles. The van der Waals surface area contributed by atoms with Gasteiger partial charge in [0.05, 0.1) is 27.9 Å². The van der Waals surface area contributed by atoms with Crippen molar-refractivity contribution in [2.24, 2.45) is 5.10 Å². The highest BCUT2D eigenvalue weighted by atomic mass is 16.3. The second-order valence-electron chi connectivity index (χ2n) is 6.67. The van der Waals surface area contributed by atoms with E-state index in [1.165, 1.54) is 11.3 Å². The van der Waals surface area contributed by atoms with Gasteiger partial charge in [-0.3, -0.25) is 9.59 Å². The van der Waals surface area contributed by atoms with Crippen LogP contribution in [-0.4, -0.2) is 11.6 Å². The Bertz CT molecular complexity index is 1190. The lowest BCUT2D eigenvalue weighted by Crippen LogP contribution is -2.21. The van der Waals surface area contributed by atoms with Crippen LogP contribution in [0.4, 0.5) is 5.69 Å². The number of aryl methyl sites for hydroxylation is 2. The predicted octanol–water partition coefficient (Wildman–Crippen LogP) is 4.22. The molecule has 0 unspecified atom stereocenters. The van der Waals surface area contributed by atoms with E-state index in [2.05, 4.69) is 5.10 Å². The van der Waals surface area contributed by atoms with Crippen LogP contribution < -0.4 is 10.4 Å². The summed E-state index contributed by atoms with van der Waals surface area (Å²) in [6, 6.07) is 13.0. The highest BCUT2D eigenvalue weighted by Crippen LogP contribution is 2.25. The molecule has 0 saturated carbocycles. The van der Waals surface area contributed by atoms with Gasteiger partial charge in [-0.1, -0.05) is 24.3 Å². The Labute approximate surface area is 156 Å². The third-order valence-corrected chi connectivity index (χ3v) is 4.59. The van der Waals surface area contributed by atoms with Gasteiger partial charge in [-0.05, 0) is 56.2 Å². The number of fused-ring (bicyclic) bond motifs is 1. The van der Waals surface area contributed by atoms with Gasteiger partial charge in [0, 0.05) is 0 Å². The number of hydrogen-bond acceptors (Lipinski definition) is 4. The van der Waals surface area contributed by atoms with E-state index in [0.717, 1.165) is 11.1 Å². The second kappa shape index (κ2) is 6.36. The number of hydrazone groups is 1. The lowest BCUT2D eigenvalue weighted by molar-refractivity contribution is -0.114. The largest absolute Gasteiger partial charge is 0.463 e. The first kappa shape index (κ1) is 17.0. The lowest BCUT2D eigenvalue weighted by Gasteiger charge is -2.11. The fourth-order valence-electron chi connectivity index (χ4n) is 3.29. The number of nitrogens with zero attached hydrogens (tertiary/aromatic N) is 2. The first-order valence-electron chi connectivity index (χ1n) is 8.65. The monoisotopic (exact) mass is 358 g/mol. The van der Waals surface area contributed by atoms with Gasteiger partial charge in [0.1, 0.15) is 11.8 Å². The quantitative estimate of drug-likeness (QED) is 0.645. The summed E-state index contributed by atoms with van der Waals surface area (Å²) in [4.78, 5) is 25.7. The third kappa shape index (κ3) is 2.87. The van der Waals surface area contributed by atoms with Crippen molar-refractivity contribution in [2.75, 3.05) is 5.01 Å². The number of benzene rings is 2. The van der Waals surface area contributed by atoms with E-state index >= 15 is 0 Å². The van der Waals surface area contributed by atoms with Crippen molar-refractivity contribution in [3.63, 3.8) is 0 Å². The number of para-hydroxylation sites is 1. The minimum Gasteiger partial charge on any atom is -0.463 e.